The Kier molecular flexibility index (Phi) is 4.68. The minimum atomic E-state index is -0.233. The van der Waals surface area contributed by atoms with Crippen LogP contribution in [-0.4, -0.2) is 22.4 Å². The Morgan fingerprint density at radius 3 is 2.71 bits per heavy atom. The SMILES string of the molecule is COc1ccc(-c2nc3ccc(NC(=O)/C=C/c4ccco4)cn3c2C)cc1. The second-order valence-electron chi connectivity index (χ2n) is 6.26. The van der Waals surface area contributed by atoms with Crippen LogP contribution in [0, 0.1) is 6.92 Å². The number of aryl methyl sites for hydroxylation is 1. The third-order valence-corrected chi connectivity index (χ3v) is 4.43. The Morgan fingerprint density at radius 2 is 2.00 bits per heavy atom. The normalized spacial score (nSPS) is 11.2. The molecule has 1 N–H and O–H groups in total. The van der Waals surface area contributed by atoms with Gasteiger partial charge in [-0.2, -0.15) is 0 Å². The predicted octanol–water partition coefficient (Wildman–Crippen LogP) is 4.56. The summed E-state index contributed by atoms with van der Waals surface area (Å²) in [7, 11) is 1.64. The minimum Gasteiger partial charge on any atom is -0.497 e. The highest BCUT2D eigenvalue weighted by atomic mass is 16.5. The summed E-state index contributed by atoms with van der Waals surface area (Å²) in [6, 6.07) is 15.1. The van der Waals surface area contributed by atoms with Gasteiger partial charge in [0.1, 0.15) is 17.2 Å². The number of hydrogen-bond donors (Lipinski definition) is 1. The van der Waals surface area contributed by atoms with Crippen molar-refractivity contribution < 1.29 is 13.9 Å². The quantitative estimate of drug-likeness (QED) is 0.521. The van der Waals surface area contributed by atoms with E-state index in [2.05, 4.69) is 5.32 Å². The third-order valence-electron chi connectivity index (χ3n) is 4.43. The van der Waals surface area contributed by atoms with E-state index in [9.17, 15) is 4.79 Å². The Morgan fingerprint density at radius 1 is 1.18 bits per heavy atom. The number of methoxy groups -OCH3 is 1. The van der Waals surface area contributed by atoms with E-state index in [1.165, 1.54) is 6.08 Å². The molecule has 0 aliphatic carbocycles. The second kappa shape index (κ2) is 7.44. The molecule has 4 aromatic rings. The van der Waals surface area contributed by atoms with Gasteiger partial charge in [0.05, 0.1) is 24.8 Å². The minimum absolute atomic E-state index is 0.233. The highest BCUT2D eigenvalue weighted by Gasteiger charge is 2.11. The highest BCUT2D eigenvalue weighted by molar-refractivity contribution is 6.01. The molecule has 6 nitrogen and oxygen atoms in total. The van der Waals surface area contributed by atoms with Crippen LogP contribution >= 0.6 is 0 Å². The van der Waals surface area contributed by atoms with Gasteiger partial charge in [0.15, 0.2) is 0 Å². The fraction of sp³-hybridized carbons (Fsp3) is 0.0909. The molecule has 4 rings (SSSR count). The number of rotatable bonds is 5. The van der Waals surface area contributed by atoms with E-state index in [1.807, 2.05) is 53.9 Å². The molecule has 28 heavy (non-hydrogen) atoms. The molecule has 0 saturated heterocycles. The number of hydrogen-bond acceptors (Lipinski definition) is 4. The van der Waals surface area contributed by atoms with Crippen LogP contribution in [0.25, 0.3) is 23.0 Å². The summed E-state index contributed by atoms with van der Waals surface area (Å²) in [5, 5.41) is 2.86. The number of pyridine rings is 1. The van der Waals surface area contributed by atoms with E-state index >= 15 is 0 Å². The van der Waals surface area contributed by atoms with Crippen LogP contribution in [0.3, 0.4) is 0 Å². The van der Waals surface area contributed by atoms with Crippen LogP contribution in [-0.2, 0) is 4.79 Å². The van der Waals surface area contributed by atoms with E-state index in [0.717, 1.165) is 28.3 Å². The van der Waals surface area contributed by atoms with Crippen molar-refractivity contribution in [3.8, 4) is 17.0 Å². The molecule has 0 atom stereocenters. The number of carbonyl (C=O) groups excluding carboxylic acids is 1. The number of imidazole rings is 1. The first-order valence-electron chi connectivity index (χ1n) is 8.80. The van der Waals surface area contributed by atoms with Gasteiger partial charge in [0.25, 0.3) is 0 Å². The number of anilines is 1. The maximum absolute atomic E-state index is 12.1. The molecule has 0 bridgehead atoms. The summed E-state index contributed by atoms with van der Waals surface area (Å²) >= 11 is 0. The highest BCUT2D eigenvalue weighted by Crippen LogP contribution is 2.26. The molecule has 0 fully saturated rings. The van der Waals surface area contributed by atoms with Crippen molar-refractivity contribution in [2.24, 2.45) is 0 Å². The van der Waals surface area contributed by atoms with Crippen molar-refractivity contribution in [3.05, 3.63) is 78.5 Å². The van der Waals surface area contributed by atoms with E-state index in [0.29, 0.717) is 11.4 Å². The summed E-state index contributed by atoms with van der Waals surface area (Å²) in [5.74, 6) is 1.20. The number of aromatic nitrogens is 2. The van der Waals surface area contributed by atoms with Crippen LogP contribution in [0.15, 0.2) is 71.5 Å². The number of ether oxygens (including phenoxy) is 1. The number of benzene rings is 1. The molecule has 6 heteroatoms. The van der Waals surface area contributed by atoms with Gasteiger partial charge in [-0.25, -0.2) is 4.98 Å². The van der Waals surface area contributed by atoms with Crippen molar-refractivity contribution in [2.75, 3.05) is 12.4 Å². The Bertz CT molecular complexity index is 1140. The summed E-state index contributed by atoms with van der Waals surface area (Å²) < 4.78 is 12.4. The van der Waals surface area contributed by atoms with Crippen LogP contribution in [0.2, 0.25) is 0 Å². The summed E-state index contributed by atoms with van der Waals surface area (Å²) in [6.07, 6.45) is 6.49. The molecule has 3 aromatic heterocycles. The zero-order valence-electron chi connectivity index (χ0n) is 15.5. The van der Waals surface area contributed by atoms with Crippen LogP contribution in [0.5, 0.6) is 5.75 Å². The lowest BCUT2D eigenvalue weighted by Gasteiger charge is -2.04. The van der Waals surface area contributed by atoms with Gasteiger partial charge in [-0.1, -0.05) is 0 Å². The maximum Gasteiger partial charge on any atom is 0.248 e. The molecule has 0 radical (unpaired) electrons. The van der Waals surface area contributed by atoms with Crippen molar-refractivity contribution in [1.29, 1.82) is 0 Å². The van der Waals surface area contributed by atoms with Crippen molar-refractivity contribution in [3.63, 3.8) is 0 Å². The van der Waals surface area contributed by atoms with E-state index in [-0.39, 0.29) is 5.91 Å². The summed E-state index contributed by atoms with van der Waals surface area (Å²) in [4.78, 5) is 16.9. The van der Waals surface area contributed by atoms with E-state index < -0.39 is 0 Å². The molecule has 3 heterocycles. The standard InChI is InChI=1S/C22H19N3O3/c1-15-22(16-5-8-18(27-2)9-6-16)24-20-11-7-17(14-25(15)20)23-21(26)12-10-19-4-3-13-28-19/h3-14H,1-2H3,(H,23,26)/b12-10+. The first kappa shape index (κ1) is 17.6. The van der Waals surface area contributed by atoms with Gasteiger partial charge in [0.2, 0.25) is 5.91 Å². The zero-order chi connectivity index (χ0) is 19.5. The lowest BCUT2D eigenvalue weighted by molar-refractivity contribution is -0.111. The molecule has 1 amide bonds. The molecule has 0 aliphatic rings. The summed E-state index contributed by atoms with van der Waals surface area (Å²) in [5.41, 5.74) is 4.39. The van der Waals surface area contributed by atoms with Gasteiger partial charge < -0.3 is 18.9 Å². The Labute approximate surface area is 162 Å². The van der Waals surface area contributed by atoms with Gasteiger partial charge in [-0.15, -0.1) is 0 Å². The topological polar surface area (TPSA) is 68.8 Å². The molecule has 140 valence electrons. The lowest BCUT2D eigenvalue weighted by Crippen LogP contribution is -2.08. The van der Waals surface area contributed by atoms with Gasteiger partial charge in [0, 0.05) is 23.5 Å². The molecule has 0 spiro atoms. The molecule has 0 saturated carbocycles. The Balaban J connectivity index is 1.58. The average Bonchev–Trinajstić information content (AvgIpc) is 3.35. The van der Waals surface area contributed by atoms with E-state index in [4.69, 9.17) is 14.1 Å². The number of furan rings is 1. The third kappa shape index (κ3) is 3.53. The largest absolute Gasteiger partial charge is 0.497 e. The average molecular weight is 373 g/mol. The first-order chi connectivity index (χ1) is 13.6. The smallest absolute Gasteiger partial charge is 0.248 e. The van der Waals surface area contributed by atoms with Crippen molar-refractivity contribution in [2.45, 2.75) is 6.92 Å². The van der Waals surface area contributed by atoms with Crippen LogP contribution in [0.1, 0.15) is 11.5 Å². The molecular weight excluding hydrogens is 354 g/mol. The Hall–Kier alpha value is -3.80. The second-order valence-corrected chi connectivity index (χ2v) is 6.26. The first-order valence-corrected chi connectivity index (χ1v) is 8.80. The number of carbonyl (C=O) groups is 1. The zero-order valence-corrected chi connectivity index (χ0v) is 15.5. The number of amides is 1. The predicted molar refractivity (Wildman–Crippen MR) is 108 cm³/mol. The number of fused-ring (bicyclic) bond motifs is 1. The van der Waals surface area contributed by atoms with Gasteiger partial charge in [-0.3, -0.25) is 4.79 Å². The summed E-state index contributed by atoms with van der Waals surface area (Å²) in [6.45, 7) is 2.00. The lowest BCUT2D eigenvalue weighted by atomic mass is 10.1. The molecule has 0 aliphatic heterocycles. The van der Waals surface area contributed by atoms with Gasteiger partial charge in [-0.05, 0) is 61.5 Å². The molecule has 1 aromatic carbocycles. The monoisotopic (exact) mass is 373 g/mol. The van der Waals surface area contributed by atoms with Crippen molar-refractivity contribution >= 4 is 23.3 Å². The fourth-order valence-corrected chi connectivity index (χ4v) is 2.99. The number of nitrogens with zero attached hydrogens (tertiary/aromatic N) is 2. The van der Waals surface area contributed by atoms with Gasteiger partial charge >= 0.3 is 0 Å². The van der Waals surface area contributed by atoms with Crippen LogP contribution < -0.4 is 10.1 Å². The number of nitrogens with one attached hydrogen (secondary N) is 1. The fourth-order valence-electron chi connectivity index (χ4n) is 2.99. The van der Waals surface area contributed by atoms with Crippen molar-refractivity contribution in [1.82, 2.24) is 9.38 Å². The molecule has 0 unspecified atom stereocenters. The molecular formula is C22H19N3O3. The van der Waals surface area contributed by atoms with Crippen LogP contribution in [0.4, 0.5) is 5.69 Å². The van der Waals surface area contributed by atoms with E-state index in [1.54, 1.807) is 31.6 Å². The maximum atomic E-state index is 12.1.